The highest BCUT2D eigenvalue weighted by Gasteiger charge is 2.27. The number of H-pyrrole nitrogens is 1. The van der Waals surface area contributed by atoms with E-state index in [0.29, 0.717) is 13.0 Å². The zero-order chi connectivity index (χ0) is 14.3. The summed E-state index contributed by atoms with van der Waals surface area (Å²) in [4.78, 5) is 26.2. The van der Waals surface area contributed by atoms with E-state index in [2.05, 4.69) is 25.8 Å². The number of carbonyl (C=O) groups is 2. The van der Waals surface area contributed by atoms with Crippen LogP contribution in [0, 0.1) is 5.41 Å². The highest BCUT2D eigenvalue weighted by molar-refractivity contribution is 5.77. The Hall–Kier alpha value is -2.12. The van der Waals surface area contributed by atoms with Gasteiger partial charge < -0.3 is 15.7 Å². The summed E-state index contributed by atoms with van der Waals surface area (Å²) in [6.45, 7) is 3.68. The second-order valence-corrected chi connectivity index (χ2v) is 4.83. The first-order chi connectivity index (χ1) is 8.92. The molecule has 0 aliphatic carbocycles. The standard InChI is InChI=1S/C11H19N5O3/c1-11(2,9(17)18)6-13-10(19)12-5-3-4-8-14-7-15-16-8/h7H,3-6H2,1-2H3,(H,17,18)(H2,12,13,19)(H,14,15,16). The van der Waals surface area contributed by atoms with E-state index in [1.807, 2.05) is 0 Å². The van der Waals surface area contributed by atoms with Crippen LogP contribution in [0.15, 0.2) is 6.33 Å². The molecule has 8 nitrogen and oxygen atoms in total. The normalized spacial score (nSPS) is 11.1. The lowest BCUT2D eigenvalue weighted by Gasteiger charge is -2.19. The summed E-state index contributed by atoms with van der Waals surface area (Å²) in [6, 6.07) is -0.369. The number of hydrogen-bond acceptors (Lipinski definition) is 4. The quantitative estimate of drug-likeness (QED) is 0.525. The fourth-order valence-corrected chi connectivity index (χ4v) is 1.25. The summed E-state index contributed by atoms with van der Waals surface area (Å²) >= 11 is 0. The molecule has 0 bridgehead atoms. The van der Waals surface area contributed by atoms with E-state index in [4.69, 9.17) is 5.11 Å². The Morgan fingerprint density at radius 3 is 2.74 bits per heavy atom. The molecule has 106 valence electrons. The van der Waals surface area contributed by atoms with Crippen LogP contribution in [-0.2, 0) is 11.2 Å². The van der Waals surface area contributed by atoms with Gasteiger partial charge in [0.05, 0.1) is 5.41 Å². The van der Waals surface area contributed by atoms with E-state index in [1.54, 1.807) is 13.8 Å². The summed E-state index contributed by atoms with van der Waals surface area (Å²) in [5, 5.41) is 20.5. The first kappa shape index (κ1) is 14.9. The molecule has 4 N–H and O–H groups in total. The Bertz CT molecular complexity index is 416. The number of nitrogens with zero attached hydrogens (tertiary/aromatic N) is 2. The third-order valence-corrected chi connectivity index (χ3v) is 2.61. The molecule has 19 heavy (non-hydrogen) atoms. The van der Waals surface area contributed by atoms with Crippen LogP contribution in [0.3, 0.4) is 0 Å². The molecule has 1 heterocycles. The molecule has 8 heteroatoms. The van der Waals surface area contributed by atoms with Crippen LogP contribution in [0.2, 0.25) is 0 Å². The van der Waals surface area contributed by atoms with Crippen molar-refractivity contribution in [2.45, 2.75) is 26.7 Å². The number of nitrogens with one attached hydrogen (secondary N) is 3. The lowest BCUT2D eigenvalue weighted by molar-refractivity contribution is -0.146. The molecule has 0 radical (unpaired) electrons. The number of carboxylic acids is 1. The highest BCUT2D eigenvalue weighted by atomic mass is 16.4. The Labute approximate surface area is 111 Å². The lowest BCUT2D eigenvalue weighted by atomic mass is 9.94. The average molecular weight is 269 g/mol. The summed E-state index contributed by atoms with van der Waals surface area (Å²) < 4.78 is 0. The van der Waals surface area contributed by atoms with Gasteiger partial charge in [-0.1, -0.05) is 0 Å². The zero-order valence-corrected chi connectivity index (χ0v) is 11.1. The maximum atomic E-state index is 11.4. The molecule has 0 saturated heterocycles. The third kappa shape index (κ3) is 5.36. The molecule has 0 spiro atoms. The van der Waals surface area contributed by atoms with Crippen LogP contribution >= 0.6 is 0 Å². The molecule has 0 fully saturated rings. The number of aryl methyl sites for hydroxylation is 1. The molecular formula is C11H19N5O3. The summed E-state index contributed by atoms with van der Waals surface area (Å²) in [7, 11) is 0. The Morgan fingerprint density at radius 1 is 1.42 bits per heavy atom. The van der Waals surface area contributed by atoms with Gasteiger partial charge in [0.2, 0.25) is 0 Å². The van der Waals surface area contributed by atoms with Crippen LogP contribution in [0.5, 0.6) is 0 Å². The molecule has 1 aromatic rings. The van der Waals surface area contributed by atoms with Gasteiger partial charge in [0, 0.05) is 19.5 Å². The first-order valence-electron chi connectivity index (χ1n) is 6.01. The number of aliphatic carboxylic acids is 1. The van der Waals surface area contributed by atoms with Gasteiger partial charge in [-0.2, -0.15) is 5.10 Å². The van der Waals surface area contributed by atoms with E-state index in [9.17, 15) is 9.59 Å². The Balaban J connectivity index is 2.13. The van der Waals surface area contributed by atoms with E-state index in [1.165, 1.54) is 6.33 Å². The molecular weight excluding hydrogens is 250 g/mol. The van der Waals surface area contributed by atoms with Gasteiger partial charge in [-0.25, -0.2) is 9.78 Å². The number of amides is 2. The van der Waals surface area contributed by atoms with Crippen molar-refractivity contribution in [3.63, 3.8) is 0 Å². The number of aromatic amines is 1. The number of aromatic nitrogens is 3. The van der Waals surface area contributed by atoms with Gasteiger partial charge >= 0.3 is 12.0 Å². The summed E-state index contributed by atoms with van der Waals surface area (Å²) in [6.07, 6.45) is 2.86. The third-order valence-electron chi connectivity index (χ3n) is 2.61. The maximum absolute atomic E-state index is 11.4. The molecule has 2 amide bonds. The van der Waals surface area contributed by atoms with Crippen molar-refractivity contribution in [3.05, 3.63) is 12.2 Å². The maximum Gasteiger partial charge on any atom is 0.314 e. The highest BCUT2D eigenvalue weighted by Crippen LogP contribution is 2.12. The van der Waals surface area contributed by atoms with E-state index >= 15 is 0 Å². The van der Waals surface area contributed by atoms with Crippen molar-refractivity contribution < 1.29 is 14.7 Å². The zero-order valence-electron chi connectivity index (χ0n) is 11.1. The fourth-order valence-electron chi connectivity index (χ4n) is 1.25. The van der Waals surface area contributed by atoms with Gasteiger partial charge in [0.15, 0.2) is 0 Å². The van der Waals surface area contributed by atoms with Crippen molar-refractivity contribution in [2.75, 3.05) is 13.1 Å². The van der Waals surface area contributed by atoms with E-state index in [-0.39, 0.29) is 12.6 Å². The van der Waals surface area contributed by atoms with Crippen LogP contribution in [0.25, 0.3) is 0 Å². The van der Waals surface area contributed by atoms with Crippen LogP contribution in [0.4, 0.5) is 4.79 Å². The van der Waals surface area contributed by atoms with Gasteiger partial charge in [0.25, 0.3) is 0 Å². The van der Waals surface area contributed by atoms with E-state index < -0.39 is 11.4 Å². The molecule has 0 atom stereocenters. The van der Waals surface area contributed by atoms with E-state index in [0.717, 1.165) is 12.2 Å². The minimum absolute atomic E-state index is 0.0796. The minimum Gasteiger partial charge on any atom is -0.481 e. The topological polar surface area (TPSA) is 120 Å². The van der Waals surface area contributed by atoms with Crippen molar-refractivity contribution in [1.82, 2.24) is 25.8 Å². The summed E-state index contributed by atoms with van der Waals surface area (Å²) in [5.74, 6) is -0.174. The molecule has 0 aliphatic heterocycles. The van der Waals surface area contributed by atoms with Crippen molar-refractivity contribution in [2.24, 2.45) is 5.41 Å². The van der Waals surface area contributed by atoms with Gasteiger partial charge in [0.1, 0.15) is 12.2 Å². The second-order valence-electron chi connectivity index (χ2n) is 4.83. The number of carboxylic acid groups (broad SMARTS) is 1. The first-order valence-corrected chi connectivity index (χ1v) is 6.01. The lowest BCUT2D eigenvalue weighted by Crippen LogP contribution is -2.43. The van der Waals surface area contributed by atoms with Gasteiger partial charge in [-0.05, 0) is 20.3 Å². The predicted molar refractivity (Wildman–Crippen MR) is 67.5 cm³/mol. The Morgan fingerprint density at radius 2 is 2.16 bits per heavy atom. The number of carbonyl (C=O) groups excluding carboxylic acids is 1. The number of hydrogen-bond donors (Lipinski definition) is 4. The number of rotatable bonds is 7. The van der Waals surface area contributed by atoms with Crippen LogP contribution in [-0.4, -0.2) is 45.4 Å². The second kappa shape index (κ2) is 6.72. The smallest absolute Gasteiger partial charge is 0.314 e. The van der Waals surface area contributed by atoms with Gasteiger partial charge in [-0.15, -0.1) is 0 Å². The molecule has 0 aromatic carbocycles. The van der Waals surface area contributed by atoms with Crippen molar-refractivity contribution in [1.29, 1.82) is 0 Å². The molecule has 1 aromatic heterocycles. The van der Waals surface area contributed by atoms with Crippen molar-refractivity contribution >= 4 is 12.0 Å². The Kier molecular flexibility index (Phi) is 5.28. The average Bonchev–Trinajstić information content (AvgIpc) is 2.85. The molecule has 1 rings (SSSR count). The predicted octanol–water partition coefficient (Wildman–Crippen LogP) is 0.147. The SMILES string of the molecule is CC(C)(CNC(=O)NCCCc1ncn[nH]1)C(=O)O. The largest absolute Gasteiger partial charge is 0.481 e. The van der Waals surface area contributed by atoms with Crippen molar-refractivity contribution in [3.8, 4) is 0 Å². The fraction of sp³-hybridized carbons (Fsp3) is 0.636. The molecule has 0 unspecified atom stereocenters. The summed E-state index contributed by atoms with van der Waals surface area (Å²) in [5.41, 5.74) is -0.975. The monoisotopic (exact) mass is 269 g/mol. The minimum atomic E-state index is -0.975. The van der Waals surface area contributed by atoms with Crippen LogP contribution < -0.4 is 10.6 Å². The number of urea groups is 1. The van der Waals surface area contributed by atoms with Crippen LogP contribution in [0.1, 0.15) is 26.1 Å². The molecule has 0 saturated carbocycles. The molecule has 0 aliphatic rings. The van der Waals surface area contributed by atoms with Gasteiger partial charge in [-0.3, -0.25) is 9.89 Å².